The SMILES string of the molecule is CCc1ccc(N=C2NC(=O)/C(=C/c3cc(Br)c(I)o3)S2)cc1. The molecule has 4 nitrogen and oxygen atoms in total. The van der Waals surface area contributed by atoms with Gasteiger partial charge in [-0.25, -0.2) is 4.99 Å². The van der Waals surface area contributed by atoms with Gasteiger partial charge in [-0.3, -0.25) is 4.79 Å². The number of nitrogens with zero attached hydrogens (tertiary/aromatic N) is 1. The van der Waals surface area contributed by atoms with Gasteiger partial charge in [0.2, 0.25) is 0 Å². The number of carbonyl (C=O) groups excluding carboxylic acids is 1. The Kier molecular flexibility index (Phi) is 5.27. The minimum Gasteiger partial charge on any atom is -0.450 e. The molecule has 0 atom stereocenters. The van der Waals surface area contributed by atoms with Crippen LogP contribution in [0.25, 0.3) is 6.08 Å². The van der Waals surface area contributed by atoms with Gasteiger partial charge in [0.05, 0.1) is 15.1 Å². The van der Waals surface area contributed by atoms with E-state index < -0.39 is 0 Å². The minimum atomic E-state index is -0.165. The summed E-state index contributed by atoms with van der Waals surface area (Å²) in [5.74, 6) is 0.467. The second-order valence-electron chi connectivity index (χ2n) is 4.77. The standard InChI is InChI=1S/C16H12BrIN2O2S/c1-2-9-3-5-10(6-4-9)19-16-20-15(21)13(23-16)8-11-7-12(17)14(18)22-11/h3-8H,2H2,1H3,(H,19,20,21)/b13-8-. The Labute approximate surface area is 160 Å². The van der Waals surface area contributed by atoms with Crippen LogP contribution in [-0.4, -0.2) is 11.1 Å². The van der Waals surface area contributed by atoms with Crippen molar-refractivity contribution in [2.45, 2.75) is 13.3 Å². The van der Waals surface area contributed by atoms with Gasteiger partial charge in [-0.1, -0.05) is 19.1 Å². The molecule has 1 fully saturated rings. The summed E-state index contributed by atoms with van der Waals surface area (Å²) < 4.78 is 7.16. The molecule has 1 aliphatic rings. The molecule has 1 aromatic heterocycles. The number of aliphatic imine (C=N–C) groups is 1. The second-order valence-corrected chi connectivity index (χ2v) is 7.64. The third kappa shape index (κ3) is 4.07. The van der Waals surface area contributed by atoms with Crippen molar-refractivity contribution in [2.24, 2.45) is 4.99 Å². The van der Waals surface area contributed by atoms with Crippen LogP contribution in [0.2, 0.25) is 0 Å². The van der Waals surface area contributed by atoms with Gasteiger partial charge in [0, 0.05) is 28.7 Å². The highest BCUT2D eigenvalue weighted by atomic mass is 127. The second kappa shape index (κ2) is 7.23. The van der Waals surface area contributed by atoms with Crippen LogP contribution >= 0.6 is 50.3 Å². The van der Waals surface area contributed by atoms with Crippen LogP contribution in [0.1, 0.15) is 18.2 Å². The zero-order chi connectivity index (χ0) is 16.4. The molecule has 0 unspecified atom stereocenters. The highest BCUT2D eigenvalue weighted by molar-refractivity contribution is 14.1. The first-order valence-electron chi connectivity index (χ1n) is 6.88. The van der Waals surface area contributed by atoms with E-state index in [1.807, 2.05) is 30.3 Å². The first-order valence-corrected chi connectivity index (χ1v) is 9.57. The molecule has 118 valence electrons. The predicted molar refractivity (Wildman–Crippen MR) is 106 cm³/mol. The number of furan rings is 1. The number of carbonyl (C=O) groups is 1. The van der Waals surface area contributed by atoms with Gasteiger partial charge in [-0.15, -0.1) is 0 Å². The molecule has 1 saturated heterocycles. The monoisotopic (exact) mass is 502 g/mol. The maximum absolute atomic E-state index is 12.0. The van der Waals surface area contributed by atoms with Crippen molar-refractivity contribution in [3.8, 4) is 0 Å². The molecule has 0 aliphatic carbocycles. The number of benzene rings is 1. The predicted octanol–water partition coefficient (Wildman–Crippen LogP) is 5.10. The Morgan fingerprint density at radius 1 is 1.39 bits per heavy atom. The van der Waals surface area contributed by atoms with E-state index in [-0.39, 0.29) is 5.91 Å². The lowest BCUT2D eigenvalue weighted by atomic mass is 10.2. The van der Waals surface area contributed by atoms with Crippen LogP contribution in [0, 0.1) is 3.77 Å². The average molecular weight is 503 g/mol. The summed E-state index contributed by atoms with van der Waals surface area (Å²) in [7, 11) is 0. The smallest absolute Gasteiger partial charge is 0.264 e. The number of hydrogen-bond donors (Lipinski definition) is 1. The number of amidine groups is 1. The van der Waals surface area contributed by atoms with Crippen LogP contribution in [0.3, 0.4) is 0 Å². The molecule has 0 radical (unpaired) electrons. The third-order valence-corrected chi connectivity index (χ3v) is 6.21. The van der Waals surface area contributed by atoms with Crippen LogP contribution in [0.15, 0.2) is 49.1 Å². The largest absolute Gasteiger partial charge is 0.450 e. The maximum Gasteiger partial charge on any atom is 0.264 e. The van der Waals surface area contributed by atoms with E-state index in [1.54, 1.807) is 6.08 Å². The van der Waals surface area contributed by atoms with E-state index >= 15 is 0 Å². The Balaban J connectivity index is 1.79. The zero-order valence-electron chi connectivity index (χ0n) is 12.1. The molecular weight excluding hydrogens is 491 g/mol. The molecule has 0 spiro atoms. The zero-order valence-corrected chi connectivity index (χ0v) is 16.7. The molecule has 23 heavy (non-hydrogen) atoms. The van der Waals surface area contributed by atoms with Crippen molar-refractivity contribution < 1.29 is 9.21 Å². The Hall–Kier alpha value is -1.06. The minimum absolute atomic E-state index is 0.165. The molecule has 1 aromatic carbocycles. The van der Waals surface area contributed by atoms with Crippen LogP contribution in [-0.2, 0) is 11.2 Å². The normalized spacial score (nSPS) is 18.0. The lowest BCUT2D eigenvalue weighted by Gasteiger charge is -1.98. The molecule has 2 heterocycles. The molecule has 1 aliphatic heterocycles. The first-order chi connectivity index (χ1) is 11.0. The van der Waals surface area contributed by atoms with Crippen LogP contribution in [0.5, 0.6) is 0 Å². The van der Waals surface area contributed by atoms with Crippen molar-refractivity contribution in [2.75, 3.05) is 0 Å². The van der Waals surface area contributed by atoms with Gasteiger partial charge in [0.15, 0.2) is 8.93 Å². The summed E-state index contributed by atoms with van der Waals surface area (Å²) in [6, 6.07) is 9.82. The summed E-state index contributed by atoms with van der Waals surface area (Å²) >= 11 is 6.78. The van der Waals surface area contributed by atoms with E-state index in [2.05, 4.69) is 55.8 Å². The van der Waals surface area contributed by atoms with Gasteiger partial charge in [0.1, 0.15) is 5.76 Å². The van der Waals surface area contributed by atoms with Crippen molar-refractivity contribution in [1.82, 2.24) is 5.32 Å². The van der Waals surface area contributed by atoms with Gasteiger partial charge in [0.25, 0.3) is 5.91 Å². The average Bonchev–Trinajstić information content (AvgIpc) is 3.03. The van der Waals surface area contributed by atoms with E-state index in [9.17, 15) is 4.79 Å². The maximum atomic E-state index is 12.0. The Bertz CT molecular complexity index is 792. The lowest BCUT2D eigenvalue weighted by molar-refractivity contribution is -0.115. The summed E-state index contributed by atoms with van der Waals surface area (Å²) in [4.78, 5) is 17.1. The first kappa shape index (κ1) is 16.8. The van der Waals surface area contributed by atoms with Crippen LogP contribution in [0.4, 0.5) is 5.69 Å². The number of nitrogens with one attached hydrogen (secondary N) is 1. The summed E-state index contributed by atoms with van der Waals surface area (Å²) in [5.41, 5.74) is 2.08. The van der Waals surface area contributed by atoms with Crippen molar-refractivity contribution in [3.05, 3.63) is 54.8 Å². The molecule has 3 rings (SSSR count). The van der Waals surface area contributed by atoms with E-state index in [0.717, 1.165) is 20.3 Å². The Morgan fingerprint density at radius 2 is 2.13 bits per heavy atom. The van der Waals surface area contributed by atoms with Gasteiger partial charge < -0.3 is 9.73 Å². The summed E-state index contributed by atoms with van der Waals surface area (Å²) in [6.07, 6.45) is 2.71. The molecule has 1 amide bonds. The summed E-state index contributed by atoms with van der Waals surface area (Å²) in [6.45, 7) is 2.11. The number of halogens is 2. The fourth-order valence-electron chi connectivity index (χ4n) is 1.97. The number of rotatable bonds is 3. The van der Waals surface area contributed by atoms with Crippen LogP contribution < -0.4 is 5.32 Å². The molecular formula is C16H12BrIN2O2S. The molecule has 7 heteroatoms. The fraction of sp³-hybridized carbons (Fsp3) is 0.125. The van der Waals surface area contributed by atoms with E-state index in [1.165, 1.54) is 17.3 Å². The lowest BCUT2D eigenvalue weighted by Crippen LogP contribution is -2.19. The van der Waals surface area contributed by atoms with Gasteiger partial charge >= 0.3 is 0 Å². The molecule has 0 saturated carbocycles. The number of hydrogen-bond acceptors (Lipinski definition) is 4. The molecule has 0 bridgehead atoms. The number of aryl methyl sites for hydroxylation is 1. The number of amides is 1. The third-order valence-electron chi connectivity index (χ3n) is 3.16. The molecule has 2 aromatic rings. The molecule has 1 N–H and O–H groups in total. The highest BCUT2D eigenvalue weighted by Gasteiger charge is 2.24. The highest BCUT2D eigenvalue weighted by Crippen LogP contribution is 2.30. The van der Waals surface area contributed by atoms with Gasteiger partial charge in [-0.05, 0) is 57.9 Å². The summed E-state index contributed by atoms with van der Waals surface area (Å²) in [5, 5.41) is 3.35. The van der Waals surface area contributed by atoms with E-state index in [0.29, 0.717) is 15.8 Å². The topological polar surface area (TPSA) is 54.6 Å². The quantitative estimate of drug-likeness (QED) is 0.469. The van der Waals surface area contributed by atoms with E-state index in [4.69, 9.17) is 4.42 Å². The van der Waals surface area contributed by atoms with Crippen molar-refractivity contribution in [1.29, 1.82) is 0 Å². The van der Waals surface area contributed by atoms with Crippen molar-refractivity contribution >= 4 is 73.1 Å². The van der Waals surface area contributed by atoms with Crippen molar-refractivity contribution in [3.63, 3.8) is 0 Å². The Morgan fingerprint density at radius 3 is 2.74 bits per heavy atom. The fourth-order valence-corrected chi connectivity index (χ4v) is 3.51. The number of thioether (sulfide) groups is 1. The van der Waals surface area contributed by atoms with Gasteiger partial charge in [-0.2, -0.15) is 0 Å².